The van der Waals surface area contributed by atoms with Crippen molar-refractivity contribution in [3.05, 3.63) is 28.8 Å². The van der Waals surface area contributed by atoms with Gasteiger partial charge in [0.15, 0.2) is 0 Å². The summed E-state index contributed by atoms with van der Waals surface area (Å²) >= 11 is 0. The largest absolute Gasteiger partial charge is 0.478 e. The summed E-state index contributed by atoms with van der Waals surface area (Å²) in [5, 5.41) is 14.8. The summed E-state index contributed by atoms with van der Waals surface area (Å²) in [6, 6.07) is 3.30. The zero-order valence-electron chi connectivity index (χ0n) is 11.8. The molecule has 2 rings (SSSR count). The second-order valence-electron chi connectivity index (χ2n) is 5.39. The summed E-state index contributed by atoms with van der Waals surface area (Å²) in [5.74, 6) is -1.03. The molecule has 108 valence electrons. The van der Waals surface area contributed by atoms with E-state index >= 15 is 0 Å². The fraction of sp³-hybridized carbons (Fsp3) is 0.467. The van der Waals surface area contributed by atoms with Crippen molar-refractivity contribution in [2.75, 3.05) is 5.32 Å². The maximum Gasteiger partial charge on any atom is 0.337 e. The number of carboxylic acid groups (broad SMARTS) is 1. The van der Waals surface area contributed by atoms with Gasteiger partial charge >= 0.3 is 12.0 Å². The van der Waals surface area contributed by atoms with E-state index in [-0.39, 0.29) is 17.6 Å². The van der Waals surface area contributed by atoms with Gasteiger partial charge in [-0.1, -0.05) is 18.9 Å². The van der Waals surface area contributed by atoms with Gasteiger partial charge in [0.25, 0.3) is 0 Å². The Morgan fingerprint density at radius 1 is 1.20 bits per heavy atom. The molecule has 3 N–H and O–H groups in total. The van der Waals surface area contributed by atoms with Gasteiger partial charge in [-0.15, -0.1) is 0 Å². The zero-order valence-corrected chi connectivity index (χ0v) is 11.8. The molecule has 0 atom stereocenters. The van der Waals surface area contributed by atoms with Crippen molar-refractivity contribution in [3.63, 3.8) is 0 Å². The molecule has 1 aliphatic carbocycles. The van der Waals surface area contributed by atoms with Crippen molar-refractivity contribution in [2.24, 2.45) is 0 Å². The first kappa shape index (κ1) is 14.4. The summed E-state index contributed by atoms with van der Waals surface area (Å²) < 4.78 is 0. The van der Waals surface area contributed by atoms with Crippen LogP contribution < -0.4 is 10.6 Å². The summed E-state index contributed by atoms with van der Waals surface area (Å²) in [7, 11) is 0. The molecule has 0 radical (unpaired) electrons. The van der Waals surface area contributed by atoms with Crippen LogP contribution in [0.3, 0.4) is 0 Å². The van der Waals surface area contributed by atoms with E-state index in [1.165, 1.54) is 0 Å². The Morgan fingerprint density at radius 3 is 2.45 bits per heavy atom. The van der Waals surface area contributed by atoms with E-state index in [1.807, 2.05) is 13.0 Å². The molecular weight excluding hydrogens is 256 g/mol. The van der Waals surface area contributed by atoms with Crippen molar-refractivity contribution in [3.8, 4) is 0 Å². The first-order valence-corrected chi connectivity index (χ1v) is 6.89. The smallest absolute Gasteiger partial charge is 0.337 e. The van der Waals surface area contributed by atoms with E-state index in [2.05, 4.69) is 10.6 Å². The van der Waals surface area contributed by atoms with Crippen molar-refractivity contribution < 1.29 is 14.7 Å². The Morgan fingerprint density at radius 2 is 1.85 bits per heavy atom. The number of carbonyl (C=O) groups is 2. The summed E-state index contributed by atoms with van der Waals surface area (Å²) in [6.45, 7) is 3.63. The molecule has 2 amide bonds. The molecule has 5 heteroatoms. The first-order valence-electron chi connectivity index (χ1n) is 6.89. The fourth-order valence-corrected chi connectivity index (χ4v) is 2.71. The van der Waals surface area contributed by atoms with E-state index in [9.17, 15) is 14.7 Å². The number of amides is 2. The van der Waals surface area contributed by atoms with Gasteiger partial charge in [0, 0.05) is 6.04 Å². The number of benzene rings is 1. The van der Waals surface area contributed by atoms with Crippen LogP contribution in [0.1, 0.15) is 47.2 Å². The number of aryl methyl sites for hydroxylation is 2. The number of hydrogen-bond acceptors (Lipinski definition) is 2. The number of carboxylic acids is 1. The van der Waals surface area contributed by atoms with E-state index in [0.717, 1.165) is 36.8 Å². The van der Waals surface area contributed by atoms with Crippen molar-refractivity contribution in [2.45, 2.75) is 45.6 Å². The Hall–Kier alpha value is -2.04. The van der Waals surface area contributed by atoms with Gasteiger partial charge in [-0.05, 0) is 43.9 Å². The highest BCUT2D eigenvalue weighted by Crippen LogP contribution is 2.23. The third kappa shape index (κ3) is 3.29. The molecule has 0 bridgehead atoms. The van der Waals surface area contributed by atoms with E-state index in [1.54, 1.807) is 13.0 Å². The molecular formula is C15H20N2O3. The molecule has 0 saturated heterocycles. The molecule has 1 aromatic rings. The molecule has 0 aromatic heterocycles. The number of carbonyl (C=O) groups excluding carboxylic acids is 1. The lowest BCUT2D eigenvalue weighted by Crippen LogP contribution is -2.36. The molecule has 0 unspecified atom stereocenters. The van der Waals surface area contributed by atoms with Gasteiger partial charge in [-0.3, -0.25) is 0 Å². The average Bonchev–Trinajstić information content (AvgIpc) is 2.84. The minimum Gasteiger partial charge on any atom is -0.478 e. The minimum atomic E-state index is -1.03. The molecule has 1 aliphatic rings. The average molecular weight is 276 g/mol. The van der Waals surface area contributed by atoms with Crippen LogP contribution in [0.15, 0.2) is 12.1 Å². The predicted octanol–water partition coefficient (Wildman–Crippen LogP) is 3.07. The number of aromatic carboxylic acids is 1. The third-order valence-electron chi connectivity index (χ3n) is 3.64. The van der Waals surface area contributed by atoms with Crippen molar-refractivity contribution in [1.29, 1.82) is 0 Å². The lowest BCUT2D eigenvalue weighted by molar-refractivity contribution is 0.0698. The van der Waals surface area contributed by atoms with Crippen molar-refractivity contribution >= 4 is 17.7 Å². The standard InChI is InChI=1S/C15H20N2O3/c1-9-7-10(2)13(12(8-9)14(18)19)17-15(20)16-11-5-3-4-6-11/h7-8,11H,3-6H2,1-2H3,(H,18,19)(H2,16,17,20). The molecule has 5 nitrogen and oxygen atoms in total. The number of urea groups is 1. The molecule has 1 aromatic carbocycles. The van der Waals surface area contributed by atoms with Gasteiger partial charge < -0.3 is 15.7 Å². The van der Waals surface area contributed by atoms with Crippen LogP contribution in [0, 0.1) is 13.8 Å². The SMILES string of the molecule is Cc1cc(C)c(NC(=O)NC2CCCC2)c(C(=O)O)c1. The molecule has 20 heavy (non-hydrogen) atoms. The van der Waals surface area contributed by atoms with Crippen LogP contribution in [-0.4, -0.2) is 23.1 Å². The van der Waals surface area contributed by atoms with Crippen molar-refractivity contribution in [1.82, 2.24) is 5.32 Å². The normalized spacial score (nSPS) is 15.1. The lowest BCUT2D eigenvalue weighted by atomic mass is 10.0. The second-order valence-corrected chi connectivity index (χ2v) is 5.39. The van der Waals surface area contributed by atoms with E-state index < -0.39 is 5.97 Å². The Labute approximate surface area is 118 Å². The fourth-order valence-electron chi connectivity index (χ4n) is 2.71. The highest BCUT2D eigenvalue weighted by atomic mass is 16.4. The first-order chi connectivity index (χ1) is 9.47. The maximum absolute atomic E-state index is 12.0. The van der Waals surface area contributed by atoms with Gasteiger partial charge in [-0.25, -0.2) is 9.59 Å². The zero-order chi connectivity index (χ0) is 14.7. The molecule has 1 fully saturated rings. The maximum atomic E-state index is 12.0. The van der Waals surface area contributed by atoms with Crippen LogP contribution in [0.25, 0.3) is 0 Å². The summed E-state index contributed by atoms with van der Waals surface area (Å²) in [6.07, 6.45) is 4.25. The highest BCUT2D eigenvalue weighted by Gasteiger charge is 2.19. The molecule has 0 aliphatic heterocycles. The van der Waals surface area contributed by atoms with Gasteiger partial charge in [0.1, 0.15) is 0 Å². The number of rotatable bonds is 3. The predicted molar refractivity (Wildman–Crippen MR) is 77.3 cm³/mol. The van der Waals surface area contributed by atoms with Gasteiger partial charge in [0.2, 0.25) is 0 Å². The Bertz CT molecular complexity index is 534. The lowest BCUT2D eigenvalue weighted by Gasteiger charge is -2.16. The van der Waals surface area contributed by atoms with Crippen LogP contribution >= 0.6 is 0 Å². The Kier molecular flexibility index (Phi) is 4.27. The van der Waals surface area contributed by atoms with Gasteiger partial charge in [-0.2, -0.15) is 0 Å². The molecule has 1 saturated carbocycles. The number of anilines is 1. The molecule has 0 heterocycles. The summed E-state index contributed by atoms with van der Waals surface area (Å²) in [5.41, 5.74) is 2.12. The highest BCUT2D eigenvalue weighted by molar-refractivity contribution is 6.01. The van der Waals surface area contributed by atoms with Crippen LogP contribution in [0.4, 0.5) is 10.5 Å². The molecule has 0 spiro atoms. The quantitative estimate of drug-likeness (QED) is 0.794. The summed E-state index contributed by atoms with van der Waals surface area (Å²) in [4.78, 5) is 23.2. The van der Waals surface area contributed by atoms with Crippen LogP contribution in [-0.2, 0) is 0 Å². The second kappa shape index (κ2) is 5.94. The number of nitrogens with one attached hydrogen (secondary N) is 2. The number of hydrogen-bond donors (Lipinski definition) is 3. The van der Waals surface area contributed by atoms with E-state index in [4.69, 9.17) is 0 Å². The van der Waals surface area contributed by atoms with E-state index in [0.29, 0.717) is 5.69 Å². The monoisotopic (exact) mass is 276 g/mol. The third-order valence-corrected chi connectivity index (χ3v) is 3.64. The topological polar surface area (TPSA) is 78.4 Å². The Balaban J connectivity index is 2.15. The van der Waals surface area contributed by atoms with Gasteiger partial charge in [0.05, 0.1) is 11.3 Å². The van der Waals surface area contributed by atoms with Crippen LogP contribution in [0.5, 0.6) is 0 Å². The van der Waals surface area contributed by atoms with Crippen LogP contribution in [0.2, 0.25) is 0 Å². The minimum absolute atomic E-state index is 0.129.